The third-order valence-corrected chi connectivity index (χ3v) is 4.71. The lowest BCUT2D eigenvalue weighted by Gasteiger charge is -2.40. The number of amides is 2. The van der Waals surface area contributed by atoms with Crippen LogP contribution >= 0.6 is 0 Å². The number of carbonyl (C=O) groups excluding carboxylic acids is 2. The summed E-state index contributed by atoms with van der Waals surface area (Å²) in [6.45, 7) is 4.19. The Balaban J connectivity index is 1.74. The number of hydrogen-bond donors (Lipinski definition) is 1. The monoisotopic (exact) mass is 352 g/mol. The highest BCUT2D eigenvalue weighted by atomic mass is 16.2. The Morgan fingerprint density at radius 2 is 1.92 bits per heavy atom. The Hall–Kier alpha value is -2.73. The van der Waals surface area contributed by atoms with Crippen LogP contribution in [-0.2, 0) is 11.3 Å². The van der Waals surface area contributed by atoms with Gasteiger partial charge >= 0.3 is 0 Å². The van der Waals surface area contributed by atoms with Gasteiger partial charge in [-0.2, -0.15) is 0 Å². The molecule has 1 aromatic heterocycles. The van der Waals surface area contributed by atoms with Crippen LogP contribution in [-0.4, -0.2) is 59.3 Å². The van der Waals surface area contributed by atoms with Gasteiger partial charge in [0.1, 0.15) is 6.04 Å². The van der Waals surface area contributed by atoms with Crippen molar-refractivity contribution in [3.63, 3.8) is 0 Å². The van der Waals surface area contributed by atoms with Crippen LogP contribution in [0.2, 0.25) is 0 Å². The standard InChI is InChI=1S/C20H24N4O2/c1-15-8-9-17(12-22-15)20(26)24-11-10-23(18(14-24)19(25)21-2)13-16-6-4-3-5-7-16/h3-9,12,18H,10-11,13-14H2,1-2H3,(H,21,25). The maximum atomic E-state index is 12.8. The van der Waals surface area contributed by atoms with Gasteiger partial charge in [0.15, 0.2) is 0 Å². The van der Waals surface area contributed by atoms with E-state index in [1.807, 2.05) is 31.2 Å². The second-order valence-electron chi connectivity index (χ2n) is 6.53. The predicted octanol–water partition coefficient (Wildman–Crippen LogP) is 1.46. The third kappa shape index (κ3) is 4.08. The van der Waals surface area contributed by atoms with Gasteiger partial charge in [0.2, 0.25) is 5.91 Å². The second kappa shape index (κ2) is 8.10. The molecule has 26 heavy (non-hydrogen) atoms. The van der Waals surface area contributed by atoms with E-state index in [4.69, 9.17) is 0 Å². The van der Waals surface area contributed by atoms with Gasteiger partial charge in [-0.3, -0.25) is 19.5 Å². The average molecular weight is 352 g/mol. The van der Waals surface area contributed by atoms with Crippen LogP contribution in [0.4, 0.5) is 0 Å². The fourth-order valence-corrected chi connectivity index (χ4v) is 3.20. The minimum atomic E-state index is -0.365. The van der Waals surface area contributed by atoms with E-state index in [0.29, 0.717) is 31.7 Å². The normalized spacial score (nSPS) is 17.8. The summed E-state index contributed by atoms with van der Waals surface area (Å²) < 4.78 is 0. The van der Waals surface area contributed by atoms with Crippen molar-refractivity contribution in [2.45, 2.75) is 19.5 Å². The molecule has 1 N–H and O–H groups in total. The number of piperazine rings is 1. The number of benzene rings is 1. The summed E-state index contributed by atoms with van der Waals surface area (Å²) in [5, 5.41) is 2.73. The smallest absolute Gasteiger partial charge is 0.255 e. The molecule has 3 rings (SSSR count). The largest absolute Gasteiger partial charge is 0.358 e. The average Bonchev–Trinajstić information content (AvgIpc) is 2.68. The van der Waals surface area contributed by atoms with Gasteiger partial charge in [-0.1, -0.05) is 30.3 Å². The highest BCUT2D eigenvalue weighted by Gasteiger charge is 2.34. The number of likely N-dealkylation sites (N-methyl/N-ethyl adjacent to an activating group) is 1. The zero-order valence-electron chi connectivity index (χ0n) is 15.2. The van der Waals surface area contributed by atoms with Gasteiger partial charge in [-0.25, -0.2) is 0 Å². The number of nitrogens with zero attached hydrogens (tertiary/aromatic N) is 3. The topological polar surface area (TPSA) is 65.5 Å². The zero-order valence-corrected chi connectivity index (χ0v) is 15.2. The molecule has 1 atom stereocenters. The van der Waals surface area contributed by atoms with Crippen molar-refractivity contribution >= 4 is 11.8 Å². The molecule has 1 aliphatic rings. The Morgan fingerprint density at radius 3 is 2.58 bits per heavy atom. The van der Waals surface area contributed by atoms with Crippen molar-refractivity contribution in [1.82, 2.24) is 20.1 Å². The summed E-state index contributed by atoms with van der Waals surface area (Å²) >= 11 is 0. The van der Waals surface area contributed by atoms with Crippen LogP contribution in [0.5, 0.6) is 0 Å². The maximum absolute atomic E-state index is 12.8. The van der Waals surface area contributed by atoms with Gasteiger partial charge in [-0.15, -0.1) is 0 Å². The predicted molar refractivity (Wildman–Crippen MR) is 99.6 cm³/mol. The molecule has 0 aliphatic carbocycles. The molecule has 2 aromatic rings. The van der Waals surface area contributed by atoms with E-state index < -0.39 is 0 Å². The number of pyridine rings is 1. The van der Waals surface area contributed by atoms with Crippen LogP contribution < -0.4 is 5.32 Å². The first-order valence-corrected chi connectivity index (χ1v) is 8.80. The fourth-order valence-electron chi connectivity index (χ4n) is 3.20. The Kier molecular flexibility index (Phi) is 5.63. The number of carbonyl (C=O) groups is 2. The molecule has 6 nitrogen and oxygen atoms in total. The van der Waals surface area contributed by atoms with E-state index in [1.165, 1.54) is 0 Å². The molecular formula is C20H24N4O2. The van der Waals surface area contributed by atoms with E-state index in [0.717, 1.165) is 11.3 Å². The van der Waals surface area contributed by atoms with E-state index >= 15 is 0 Å². The summed E-state index contributed by atoms with van der Waals surface area (Å²) in [6.07, 6.45) is 1.60. The Labute approximate surface area is 153 Å². The number of nitrogens with one attached hydrogen (secondary N) is 1. The van der Waals surface area contributed by atoms with Crippen LogP contribution in [0.25, 0.3) is 0 Å². The second-order valence-corrected chi connectivity index (χ2v) is 6.53. The SMILES string of the molecule is CNC(=O)C1CN(C(=O)c2ccc(C)nc2)CCN1Cc1ccccc1. The van der Waals surface area contributed by atoms with Crippen molar-refractivity contribution in [3.8, 4) is 0 Å². The highest BCUT2D eigenvalue weighted by Crippen LogP contribution is 2.17. The van der Waals surface area contributed by atoms with Gasteiger partial charge < -0.3 is 10.2 Å². The van der Waals surface area contributed by atoms with Crippen LogP contribution in [0.15, 0.2) is 48.7 Å². The first kappa shape index (κ1) is 18.1. The van der Waals surface area contributed by atoms with Crippen molar-refractivity contribution in [2.75, 3.05) is 26.7 Å². The molecule has 1 aliphatic heterocycles. The lowest BCUT2D eigenvalue weighted by atomic mass is 10.1. The maximum Gasteiger partial charge on any atom is 0.255 e. The third-order valence-electron chi connectivity index (χ3n) is 4.71. The first-order valence-electron chi connectivity index (χ1n) is 8.80. The number of rotatable bonds is 4. The summed E-state index contributed by atoms with van der Waals surface area (Å²) in [5.41, 5.74) is 2.59. The van der Waals surface area contributed by atoms with E-state index in [-0.39, 0.29) is 17.9 Å². The summed E-state index contributed by atoms with van der Waals surface area (Å²) in [5.74, 6) is -0.147. The van der Waals surface area contributed by atoms with Crippen LogP contribution in [0, 0.1) is 6.92 Å². The van der Waals surface area contributed by atoms with Crippen molar-refractivity contribution in [3.05, 3.63) is 65.5 Å². The van der Waals surface area contributed by atoms with Gasteiger partial charge in [-0.05, 0) is 24.6 Å². The van der Waals surface area contributed by atoms with E-state index in [9.17, 15) is 9.59 Å². The first-order chi connectivity index (χ1) is 12.6. The highest BCUT2D eigenvalue weighted by molar-refractivity contribution is 5.94. The molecule has 0 bridgehead atoms. The fraction of sp³-hybridized carbons (Fsp3) is 0.350. The van der Waals surface area contributed by atoms with Crippen LogP contribution in [0.3, 0.4) is 0 Å². The minimum Gasteiger partial charge on any atom is -0.358 e. The molecular weight excluding hydrogens is 328 g/mol. The number of aromatic nitrogens is 1. The summed E-state index contributed by atoms with van der Waals surface area (Å²) in [4.78, 5) is 33.3. The van der Waals surface area contributed by atoms with Gasteiger partial charge in [0.05, 0.1) is 5.56 Å². The molecule has 1 unspecified atom stereocenters. The molecule has 6 heteroatoms. The molecule has 136 valence electrons. The van der Waals surface area contributed by atoms with Crippen LogP contribution in [0.1, 0.15) is 21.6 Å². The molecule has 1 saturated heterocycles. The zero-order chi connectivity index (χ0) is 18.5. The minimum absolute atomic E-state index is 0.0690. The van der Waals surface area contributed by atoms with E-state index in [1.54, 1.807) is 24.2 Å². The molecule has 1 aromatic carbocycles. The summed E-state index contributed by atoms with van der Waals surface area (Å²) in [7, 11) is 1.63. The quantitative estimate of drug-likeness (QED) is 0.905. The van der Waals surface area contributed by atoms with Gasteiger partial charge in [0, 0.05) is 45.1 Å². The summed E-state index contributed by atoms with van der Waals surface area (Å²) in [6, 6.07) is 13.3. The molecule has 0 radical (unpaired) electrons. The lowest BCUT2D eigenvalue weighted by Crippen LogP contribution is -2.59. The lowest BCUT2D eigenvalue weighted by molar-refractivity contribution is -0.128. The van der Waals surface area contributed by atoms with Crippen molar-refractivity contribution in [2.24, 2.45) is 0 Å². The van der Waals surface area contributed by atoms with E-state index in [2.05, 4.69) is 27.3 Å². The molecule has 0 spiro atoms. The van der Waals surface area contributed by atoms with Gasteiger partial charge in [0.25, 0.3) is 5.91 Å². The molecule has 1 fully saturated rings. The molecule has 0 saturated carbocycles. The molecule has 2 heterocycles. The Bertz CT molecular complexity index is 761. The number of hydrogen-bond acceptors (Lipinski definition) is 4. The number of aryl methyl sites for hydroxylation is 1. The van der Waals surface area contributed by atoms with Crippen molar-refractivity contribution < 1.29 is 9.59 Å². The van der Waals surface area contributed by atoms with Crippen molar-refractivity contribution in [1.29, 1.82) is 0 Å². The molecule has 2 amide bonds. The Morgan fingerprint density at radius 1 is 1.15 bits per heavy atom.